The molecule has 5 heteroatoms. The number of hydrogen-bond donors (Lipinski definition) is 1. The van der Waals surface area contributed by atoms with Crippen molar-refractivity contribution in [1.82, 2.24) is 4.98 Å². The van der Waals surface area contributed by atoms with E-state index in [1.54, 1.807) is 13.2 Å². The van der Waals surface area contributed by atoms with E-state index in [4.69, 9.17) is 4.74 Å². The molecule has 2 heterocycles. The Morgan fingerprint density at radius 1 is 1.04 bits per heavy atom. The van der Waals surface area contributed by atoms with Gasteiger partial charge in [0.2, 0.25) is 0 Å². The monoisotopic (exact) mass is 365 g/mol. The topological polar surface area (TPSA) is 31.5 Å². The molecule has 4 nitrogen and oxygen atoms in total. The number of ether oxygens (including phenoxy) is 1. The minimum atomic E-state index is -0.276. The van der Waals surface area contributed by atoms with Crippen molar-refractivity contribution in [2.24, 2.45) is 0 Å². The number of nitrogens with one attached hydrogen (secondary N) is 1. The number of aromatic amines is 1. The predicted molar refractivity (Wildman–Crippen MR) is 108 cm³/mol. The van der Waals surface area contributed by atoms with Crippen molar-refractivity contribution in [2.45, 2.75) is 13.0 Å². The molecule has 1 aliphatic rings. The summed E-state index contributed by atoms with van der Waals surface area (Å²) >= 11 is 0. The molecule has 0 radical (unpaired) electrons. The molecule has 1 aromatic heterocycles. The Morgan fingerprint density at radius 2 is 1.85 bits per heavy atom. The van der Waals surface area contributed by atoms with Crippen LogP contribution in [0.1, 0.15) is 6.92 Å². The first-order valence-corrected chi connectivity index (χ1v) is 9.25. The van der Waals surface area contributed by atoms with E-state index in [-0.39, 0.29) is 5.82 Å². The lowest BCUT2D eigenvalue weighted by Gasteiger charge is -2.42. The number of aromatic nitrogens is 1. The highest BCUT2D eigenvalue weighted by Gasteiger charge is 2.26. The van der Waals surface area contributed by atoms with Gasteiger partial charge in [0, 0.05) is 37.4 Å². The Kier molecular flexibility index (Phi) is 4.75. The smallest absolute Gasteiger partial charge is 0.145 e. The molecule has 0 aliphatic carbocycles. The van der Waals surface area contributed by atoms with Gasteiger partial charge in [0.15, 0.2) is 0 Å². The molecule has 4 rings (SSSR count). The van der Waals surface area contributed by atoms with Gasteiger partial charge in [-0.2, -0.15) is 0 Å². The van der Waals surface area contributed by atoms with Crippen molar-refractivity contribution in [2.75, 3.05) is 36.5 Å². The highest BCUT2D eigenvalue weighted by molar-refractivity contribution is 5.64. The molecular weight excluding hydrogens is 341 g/mol. The number of H-pyrrole nitrogens is 1. The van der Waals surface area contributed by atoms with Gasteiger partial charge in [0.1, 0.15) is 17.4 Å². The van der Waals surface area contributed by atoms with Gasteiger partial charge in [-0.3, -0.25) is 0 Å². The standard InChI is InChI=1S/C22H24FN3O/c1-16-15-25(20-10-8-18(23)14-21(20)27-2)12-13-26(16)22-11-9-19(24-22)17-6-4-3-5-7-17/h3-11,14,16,24H,12-13,15H2,1-2H3. The van der Waals surface area contributed by atoms with Crippen LogP contribution in [0.4, 0.5) is 15.9 Å². The Hall–Kier alpha value is -2.95. The number of hydrogen-bond acceptors (Lipinski definition) is 3. The van der Waals surface area contributed by atoms with Crippen LogP contribution in [0.5, 0.6) is 5.75 Å². The van der Waals surface area contributed by atoms with Crippen LogP contribution in [0.3, 0.4) is 0 Å². The molecular formula is C22H24FN3O. The fourth-order valence-electron chi connectivity index (χ4n) is 3.78. The number of anilines is 2. The zero-order valence-electron chi connectivity index (χ0n) is 15.7. The van der Waals surface area contributed by atoms with Crippen LogP contribution in [0.15, 0.2) is 60.7 Å². The first-order valence-electron chi connectivity index (χ1n) is 9.25. The number of nitrogens with zero attached hydrogens (tertiary/aromatic N) is 2. The van der Waals surface area contributed by atoms with E-state index >= 15 is 0 Å². The largest absolute Gasteiger partial charge is 0.494 e. The number of benzene rings is 2. The molecule has 0 spiro atoms. The van der Waals surface area contributed by atoms with Crippen molar-refractivity contribution in [1.29, 1.82) is 0 Å². The molecule has 1 atom stereocenters. The summed E-state index contributed by atoms with van der Waals surface area (Å²) in [6.07, 6.45) is 0. The molecule has 2 aromatic carbocycles. The quantitative estimate of drug-likeness (QED) is 0.736. The summed E-state index contributed by atoms with van der Waals surface area (Å²) in [7, 11) is 1.59. The fraction of sp³-hybridized carbons (Fsp3) is 0.273. The lowest BCUT2D eigenvalue weighted by atomic mass is 10.1. The average Bonchev–Trinajstić information content (AvgIpc) is 3.18. The van der Waals surface area contributed by atoms with Crippen molar-refractivity contribution >= 4 is 11.5 Å². The van der Waals surface area contributed by atoms with Gasteiger partial charge in [0.05, 0.1) is 12.8 Å². The molecule has 1 fully saturated rings. The Labute approximate surface area is 159 Å². The number of piperazine rings is 1. The van der Waals surface area contributed by atoms with E-state index in [1.165, 1.54) is 17.7 Å². The lowest BCUT2D eigenvalue weighted by Crippen LogP contribution is -2.52. The molecule has 0 saturated carbocycles. The zero-order chi connectivity index (χ0) is 18.8. The summed E-state index contributed by atoms with van der Waals surface area (Å²) in [5.41, 5.74) is 3.26. The molecule has 1 saturated heterocycles. The van der Waals surface area contributed by atoms with Gasteiger partial charge in [-0.25, -0.2) is 4.39 Å². The first-order chi connectivity index (χ1) is 13.2. The van der Waals surface area contributed by atoms with Crippen LogP contribution in [0.25, 0.3) is 11.3 Å². The van der Waals surface area contributed by atoms with Gasteiger partial charge in [0.25, 0.3) is 0 Å². The SMILES string of the molecule is COc1cc(F)ccc1N1CCN(c2ccc(-c3ccccc3)[nH]2)C(C)C1. The molecule has 0 amide bonds. The second-order valence-electron chi connectivity index (χ2n) is 6.93. The summed E-state index contributed by atoms with van der Waals surface area (Å²) < 4.78 is 18.9. The van der Waals surface area contributed by atoms with Gasteiger partial charge in [-0.15, -0.1) is 0 Å². The summed E-state index contributed by atoms with van der Waals surface area (Å²) in [5, 5.41) is 0. The van der Waals surface area contributed by atoms with Crippen LogP contribution in [-0.4, -0.2) is 37.8 Å². The van der Waals surface area contributed by atoms with Crippen molar-refractivity contribution in [3.63, 3.8) is 0 Å². The van der Waals surface area contributed by atoms with Crippen LogP contribution in [0.2, 0.25) is 0 Å². The minimum Gasteiger partial charge on any atom is -0.494 e. The van der Waals surface area contributed by atoms with Crippen molar-refractivity contribution in [3.05, 3.63) is 66.5 Å². The molecule has 1 unspecified atom stereocenters. The summed E-state index contributed by atoms with van der Waals surface area (Å²) in [6.45, 7) is 4.80. The molecule has 3 aromatic rings. The third kappa shape index (κ3) is 3.50. The molecule has 140 valence electrons. The van der Waals surface area contributed by atoms with Gasteiger partial charge in [-0.05, 0) is 36.8 Å². The van der Waals surface area contributed by atoms with Crippen LogP contribution in [-0.2, 0) is 0 Å². The number of methoxy groups -OCH3 is 1. The maximum Gasteiger partial charge on any atom is 0.145 e. The maximum atomic E-state index is 13.5. The van der Waals surface area contributed by atoms with E-state index < -0.39 is 0 Å². The highest BCUT2D eigenvalue weighted by Crippen LogP contribution is 2.32. The Balaban J connectivity index is 1.51. The molecule has 0 bridgehead atoms. The zero-order valence-corrected chi connectivity index (χ0v) is 15.7. The minimum absolute atomic E-state index is 0.276. The summed E-state index contributed by atoms with van der Waals surface area (Å²) in [6, 6.07) is 19.7. The highest BCUT2D eigenvalue weighted by atomic mass is 19.1. The normalized spacial score (nSPS) is 17.2. The van der Waals surface area contributed by atoms with Crippen LogP contribution in [0, 0.1) is 5.82 Å². The molecule has 1 aliphatic heterocycles. The number of halogens is 1. The predicted octanol–water partition coefficient (Wildman–Crippen LogP) is 4.54. The van der Waals surface area contributed by atoms with Crippen molar-refractivity contribution < 1.29 is 9.13 Å². The summed E-state index contributed by atoms with van der Waals surface area (Å²) in [4.78, 5) is 8.20. The Morgan fingerprint density at radius 3 is 2.59 bits per heavy atom. The third-order valence-corrected chi connectivity index (χ3v) is 5.17. The first kappa shape index (κ1) is 17.5. The second-order valence-corrected chi connectivity index (χ2v) is 6.93. The fourth-order valence-corrected chi connectivity index (χ4v) is 3.78. The van der Waals surface area contributed by atoms with E-state index in [0.717, 1.165) is 36.8 Å². The van der Waals surface area contributed by atoms with Gasteiger partial charge >= 0.3 is 0 Å². The summed E-state index contributed by atoms with van der Waals surface area (Å²) in [5.74, 6) is 1.44. The van der Waals surface area contributed by atoms with E-state index in [0.29, 0.717) is 11.8 Å². The number of rotatable bonds is 4. The molecule has 1 N–H and O–H groups in total. The second kappa shape index (κ2) is 7.35. The van der Waals surface area contributed by atoms with E-state index in [2.05, 4.69) is 46.0 Å². The van der Waals surface area contributed by atoms with Crippen molar-refractivity contribution in [3.8, 4) is 17.0 Å². The van der Waals surface area contributed by atoms with Gasteiger partial charge < -0.3 is 19.5 Å². The lowest BCUT2D eigenvalue weighted by molar-refractivity contribution is 0.409. The van der Waals surface area contributed by atoms with E-state index in [1.807, 2.05) is 18.2 Å². The van der Waals surface area contributed by atoms with E-state index in [9.17, 15) is 4.39 Å². The molecule has 27 heavy (non-hydrogen) atoms. The third-order valence-electron chi connectivity index (χ3n) is 5.17. The van der Waals surface area contributed by atoms with Crippen LogP contribution < -0.4 is 14.5 Å². The average molecular weight is 365 g/mol. The van der Waals surface area contributed by atoms with Crippen LogP contribution >= 0.6 is 0 Å². The maximum absolute atomic E-state index is 13.5. The Bertz CT molecular complexity index is 909. The van der Waals surface area contributed by atoms with Gasteiger partial charge in [-0.1, -0.05) is 30.3 Å².